The molecule has 0 aliphatic carbocycles. The predicted octanol–water partition coefficient (Wildman–Crippen LogP) is 2.72. The van der Waals surface area contributed by atoms with Crippen LogP contribution in [0.25, 0.3) is 0 Å². The summed E-state index contributed by atoms with van der Waals surface area (Å²) >= 11 is 3.52. The first-order chi connectivity index (χ1) is 10.3. The Kier molecular flexibility index (Phi) is 7.52. The molecule has 0 bridgehead atoms. The second kappa shape index (κ2) is 8.64. The summed E-state index contributed by atoms with van der Waals surface area (Å²) in [6.45, 7) is 5.14. The van der Waals surface area contributed by atoms with Crippen LogP contribution in [0, 0.1) is 0 Å². The molecule has 1 aromatic rings. The molecule has 0 fully saturated rings. The van der Waals surface area contributed by atoms with Gasteiger partial charge < -0.3 is 5.11 Å². The summed E-state index contributed by atoms with van der Waals surface area (Å²) in [5.74, 6) is -2.26. The van der Waals surface area contributed by atoms with Gasteiger partial charge >= 0.3 is 5.97 Å². The highest BCUT2D eigenvalue weighted by atomic mass is 79.9. The first kappa shape index (κ1) is 19.1. The minimum atomic E-state index is -3.57. The number of halogens is 1. The Bertz CT molecular complexity index is 603. The van der Waals surface area contributed by atoms with Gasteiger partial charge in [-0.1, -0.05) is 41.1 Å². The van der Waals surface area contributed by atoms with Gasteiger partial charge in [0, 0.05) is 17.1 Å². The third kappa shape index (κ3) is 6.06. The fraction of sp³-hybridized carbons (Fsp3) is 0.533. The molecule has 1 unspecified atom stereocenters. The summed E-state index contributed by atoms with van der Waals surface area (Å²) in [5, 5.41) is 8.64. The third-order valence-electron chi connectivity index (χ3n) is 3.45. The number of rotatable bonds is 9. The average molecular weight is 392 g/mol. The summed E-state index contributed by atoms with van der Waals surface area (Å²) in [4.78, 5) is 12.7. The van der Waals surface area contributed by atoms with Crippen molar-refractivity contribution in [1.82, 2.24) is 4.90 Å². The van der Waals surface area contributed by atoms with Crippen LogP contribution in [-0.2, 0) is 14.6 Å². The standard InChI is InChI=1S/C15H22BrNO4S/c1-3-8-17(9-10-22(20,21)11-15(18)19)12(2)13-6-4-5-7-14(13)16/h4-7,12H,3,8-11H2,1-2H3,(H,18,19). The van der Waals surface area contributed by atoms with Gasteiger partial charge in [-0.25, -0.2) is 8.42 Å². The zero-order chi connectivity index (χ0) is 16.8. The van der Waals surface area contributed by atoms with Crippen LogP contribution in [0.4, 0.5) is 0 Å². The van der Waals surface area contributed by atoms with Gasteiger partial charge in [0.15, 0.2) is 9.84 Å². The van der Waals surface area contributed by atoms with E-state index in [1.165, 1.54) is 0 Å². The Hall–Kier alpha value is -0.920. The molecule has 0 saturated carbocycles. The lowest BCUT2D eigenvalue weighted by Gasteiger charge is -2.29. The van der Waals surface area contributed by atoms with Gasteiger partial charge in [-0.2, -0.15) is 0 Å². The minimum Gasteiger partial charge on any atom is -0.480 e. The van der Waals surface area contributed by atoms with Crippen molar-refractivity contribution < 1.29 is 18.3 Å². The monoisotopic (exact) mass is 391 g/mol. The van der Waals surface area contributed by atoms with Gasteiger partial charge in [0.2, 0.25) is 0 Å². The fourth-order valence-corrected chi connectivity index (χ4v) is 3.96. The molecule has 0 aromatic heterocycles. The van der Waals surface area contributed by atoms with Crippen molar-refractivity contribution in [3.05, 3.63) is 34.3 Å². The Balaban J connectivity index is 2.81. The summed E-state index contributed by atoms with van der Waals surface area (Å²) in [6.07, 6.45) is 0.897. The van der Waals surface area contributed by atoms with Gasteiger partial charge in [0.25, 0.3) is 0 Å². The number of aliphatic carboxylic acids is 1. The van der Waals surface area contributed by atoms with Crippen LogP contribution >= 0.6 is 15.9 Å². The lowest BCUT2D eigenvalue weighted by Crippen LogP contribution is -2.34. The minimum absolute atomic E-state index is 0.0514. The number of sulfone groups is 1. The second-order valence-electron chi connectivity index (χ2n) is 5.22. The van der Waals surface area contributed by atoms with Crippen molar-refractivity contribution in [2.45, 2.75) is 26.3 Å². The first-order valence-corrected chi connectivity index (χ1v) is 9.79. The number of carbonyl (C=O) groups is 1. The van der Waals surface area contributed by atoms with Crippen molar-refractivity contribution in [3.63, 3.8) is 0 Å². The van der Waals surface area contributed by atoms with Crippen LogP contribution in [0.3, 0.4) is 0 Å². The van der Waals surface area contributed by atoms with Gasteiger partial charge in [0.05, 0.1) is 5.75 Å². The van der Waals surface area contributed by atoms with Crippen molar-refractivity contribution in [2.24, 2.45) is 0 Å². The largest absolute Gasteiger partial charge is 0.480 e. The number of carboxylic acid groups (broad SMARTS) is 1. The second-order valence-corrected chi connectivity index (χ2v) is 8.26. The summed E-state index contributed by atoms with van der Waals surface area (Å²) in [7, 11) is -3.57. The first-order valence-electron chi connectivity index (χ1n) is 7.17. The molecule has 1 rings (SSSR count). The van der Waals surface area contributed by atoms with E-state index >= 15 is 0 Å². The number of hydrogen-bond donors (Lipinski definition) is 1. The molecule has 1 N–H and O–H groups in total. The van der Waals surface area contributed by atoms with E-state index in [0.29, 0.717) is 6.54 Å². The van der Waals surface area contributed by atoms with E-state index in [-0.39, 0.29) is 11.8 Å². The van der Waals surface area contributed by atoms with E-state index in [2.05, 4.69) is 20.8 Å². The SMILES string of the molecule is CCCN(CCS(=O)(=O)CC(=O)O)C(C)c1ccccc1Br. The van der Waals surface area contributed by atoms with E-state index in [0.717, 1.165) is 23.0 Å². The summed E-state index contributed by atoms with van der Waals surface area (Å²) in [6, 6.07) is 7.89. The molecule has 0 saturated heterocycles. The lowest BCUT2D eigenvalue weighted by molar-refractivity contribution is -0.134. The van der Waals surface area contributed by atoms with E-state index < -0.39 is 21.6 Å². The van der Waals surface area contributed by atoms with Gasteiger partial charge in [-0.05, 0) is 31.5 Å². The molecular weight excluding hydrogens is 370 g/mol. The molecule has 22 heavy (non-hydrogen) atoms. The topological polar surface area (TPSA) is 74.7 Å². The number of carboxylic acids is 1. The molecule has 0 aliphatic rings. The van der Waals surface area contributed by atoms with Crippen molar-refractivity contribution in [2.75, 3.05) is 24.6 Å². The molecule has 0 heterocycles. The van der Waals surface area contributed by atoms with Crippen molar-refractivity contribution in [1.29, 1.82) is 0 Å². The smallest absolute Gasteiger partial charge is 0.318 e. The van der Waals surface area contributed by atoms with Crippen LogP contribution in [0.2, 0.25) is 0 Å². The molecule has 1 atom stereocenters. The third-order valence-corrected chi connectivity index (χ3v) is 5.66. The number of nitrogens with zero attached hydrogens (tertiary/aromatic N) is 1. The number of hydrogen-bond acceptors (Lipinski definition) is 4. The van der Waals surface area contributed by atoms with E-state index in [9.17, 15) is 13.2 Å². The normalized spacial score (nSPS) is 13.3. The maximum Gasteiger partial charge on any atom is 0.318 e. The maximum atomic E-state index is 11.8. The molecule has 0 amide bonds. The summed E-state index contributed by atoms with van der Waals surface area (Å²) < 4.78 is 24.5. The van der Waals surface area contributed by atoms with Crippen LogP contribution in [0.1, 0.15) is 31.9 Å². The molecule has 0 spiro atoms. The van der Waals surface area contributed by atoms with Gasteiger partial charge in [-0.15, -0.1) is 0 Å². The molecular formula is C15H22BrNO4S. The zero-order valence-corrected chi connectivity index (χ0v) is 15.2. The fourth-order valence-electron chi connectivity index (χ4n) is 2.31. The van der Waals surface area contributed by atoms with Crippen LogP contribution in [0.15, 0.2) is 28.7 Å². The van der Waals surface area contributed by atoms with E-state index in [4.69, 9.17) is 5.11 Å². The van der Waals surface area contributed by atoms with E-state index in [1.807, 2.05) is 38.1 Å². The maximum absolute atomic E-state index is 11.8. The highest BCUT2D eigenvalue weighted by molar-refractivity contribution is 9.10. The highest BCUT2D eigenvalue weighted by Crippen LogP contribution is 2.27. The molecule has 0 aliphatic heterocycles. The van der Waals surface area contributed by atoms with Crippen LogP contribution in [0.5, 0.6) is 0 Å². The quantitative estimate of drug-likeness (QED) is 0.700. The number of benzene rings is 1. The van der Waals surface area contributed by atoms with Crippen molar-refractivity contribution >= 4 is 31.7 Å². The summed E-state index contributed by atoms with van der Waals surface area (Å²) in [5.41, 5.74) is 1.09. The van der Waals surface area contributed by atoms with Gasteiger partial charge in [0.1, 0.15) is 5.75 Å². The molecule has 7 heteroatoms. The van der Waals surface area contributed by atoms with Crippen LogP contribution in [-0.4, -0.2) is 49.0 Å². The lowest BCUT2D eigenvalue weighted by atomic mass is 10.1. The molecule has 5 nitrogen and oxygen atoms in total. The zero-order valence-electron chi connectivity index (χ0n) is 12.8. The molecule has 0 radical (unpaired) electrons. The van der Waals surface area contributed by atoms with Gasteiger partial charge in [-0.3, -0.25) is 9.69 Å². The highest BCUT2D eigenvalue weighted by Gasteiger charge is 2.21. The Morgan fingerprint density at radius 2 is 1.95 bits per heavy atom. The van der Waals surface area contributed by atoms with Crippen LogP contribution < -0.4 is 0 Å². The Labute approximate surface area is 140 Å². The molecule has 1 aromatic carbocycles. The van der Waals surface area contributed by atoms with E-state index in [1.54, 1.807) is 0 Å². The average Bonchev–Trinajstić information content (AvgIpc) is 2.42. The predicted molar refractivity (Wildman–Crippen MR) is 90.7 cm³/mol. The molecule has 124 valence electrons. The Morgan fingerprint density at radius 3 is 2.50 bits per heavy atom. The Morgan fingerprint density at radius 1 is 1.32 bits per heavy atom. The van der Waals surface area contributed by atoms with Crippen molar-refractivity contribution in [3.8, 4) is 0 Å².